The number of ether oxygens (including phenoxy) is 1. The van der Waals surface area contributed by atoms with E-state index in [2.05, 4.69) is 4.74 Å². The monoisotopic (exact) mass is 238 g/mol. The van der Waals surface area contributed by atoms with E-state index >= 15 is 0 Å². The molecule has 6 nitrogen and oxygen atoms in total. The Bertz CT molecular complexity index is 490. The summed E-state index contributed by atoms with van der Waals surface area (Å²) in [6, 6.07) is 2.74. The third kappa shape index (κ3) is 1.61. The maximum Gasteiger partial charge on any atom is 0.373 e. The van der Waals surface area contributed by atoms with Crippen molar-refractivity contribution in [3.63, 3.8) is 0 Å². The van der Waals surface area contributed by atoms with Crippen LogP contribution in [-0.2, 0) is 19.7 Å². The number of carbonyl (C=O) groups is 3. The van der Waals surface area contributed by atoms with Crippen molar-refractivity contribution in [2.45, 2.75) is 18.3 Å². The smallest absolute Gasteiger partial charge is 0.373 e. The largest absolute Gasteiger partial charge is 0.480 e. The van der Waals surface area contributed by atoms with Gasteiger partial charge in [0.1, 0.15) is 17.0 Å². The molecule has 1 aromatic heterocycles. The molecule has 2 rings (SSSR count). The number of rotatable bonds is 3. The van der Waals surface area contributed by atoms with Crippen LogP contribution in [0.2, 0.25) is 0 Å². The molecule has 6 heteroatoms. The summed E-state index contributed by atoms with van der Waals surface area (Å²) >= 11 is 0. The highest BCUT2D eigenvalue weighted by Gasteiger charge is 2.54. The second kappa shape index (κ2) is 3.73. The molecule has 1 N–H and O–H groups in total. The molecule has 0 spiro atoms. The highest BCUT2D eigenvalue weighted by atomic mass is 16.5. The fourth-order valence-corrected chi connectivity index (χ4v) is 1.86. The SMILES string of the molecule is COC(=O)c1ccc(C2(C(=O)O)CC(=O)C2)o1. The molecular weight excluding hydrogens is 228 g/mol. The van der Waals surface area contributed by atoms with Gasteiger partial charge in [-0.2, -0.15) is 0 Å². The van der Waals surface area contributed by atoms with Crippen LogP contribution in [0.15, 0.2) is 16.5 Å². The minimum absolute atomic E-state index is 0.0672. The summed E-state index contributed by atoms with van der Waals surface area (Å²) in [7, 11) is 1.20. The van der Waals surface area contributed by atoms with Crippen molar-refractivity contribution in [3.05, 3.63) is 23.7 Å². The van der Waals surface area contributed by atoms with Gasteiger partial charge in [0.15, 0.2) is 0 Å². The fraction of sp³-hybridized carbons (Fsp3) is 0.364. The van der Waals surface area contributed by atoms with Crippen molar-refractivity contribution in [2.75, 3.05) is 7.11 Å². The lowest BCUT2D eigenvalue weighted by molar-refractivity contribution is -0.154. The van der Waals surface area contributed by atoms with Crippen molar-refractivity contribution < 1.29 is 28.6 Å². The molecular formula is C11H10O6. The predicted molar refractivity (Wildman–Crippen MR) is 53.6 cm³/mol. The predicted octanol–water partition coefficient (Wildman–Crippen LogP) is 0.751. The summed E-state index contributed by atoms with van der Waals surface area (Å²) in [5, 5.41) is 9.13. The first kappa shape index (κ1) is 11.4. The van der Waals surface area contributed by atoms with Crippen molar-refractivity contribution in [1.82, 2.24) is 0 Å². The number of hydrogen-bond acceptors (Lipinski definition) is 5. The van der Waals surface area contributed by atoms with E-state index in [9.17, 15) is 14.4 Å². The van der Waals surface area contributed by atoms with Crippen molar-refractivity contribution >= 4 is 17.7 Å². The van der Waals surface area contributed by atoms with Crippen LogP contribution in [0.5, 0.6) is 0 Å². The lowest BCUT2D eigenvalue weighted by Crippen LogP contribution is -2.48. The Kier molecular flexibility index (Phi) is 2.49. The lowest BCUT2D eigenvalue weighted by Gasteiger charge is -2.33. The van der Waals surface area contributed by atoms with E-state index in [-0.39, 0.29) is 30.1 Å². The van der Waals surface area contributed by atoms with E-state index in [4.69, 9.17) is 9.52 Å². The van der Waals surface area contributed by atoms with Gasteiger partial charge in [-0.3, -0.25) is 9.59 Å². The third-order valence-electron chi connectivity index (χ3n) is 2.87. The summed E-state index contributed by atoms with van der Waals surface area (Å²) in [5.41, 5.74) is -1.32. The van der Waals surface area contributed by atoms with Gasteiger partial charge < -0.3 is 14.3 Å². The summed E-state index contributed by atoms with van der Waals surface area (Å²) in [5.74, 6) is -1.89. The molecule has 0 atom stereocenters. The molecule has 0 aromatic carbocycles. The molecule has 1 heterocycles. The van der Waals surface area contributed by atoms with Crippen LogP contribution in [0.25, 0.3) is 0 Å². The molecule has 1 aliphatic carbocycles. The number of carboxylic acids is 1. The number of carboxylic acid groups (broad SMARTS) is 1. The first-order valence-corrected chi connectivity index (χ1v) is 4.93. The standard InChI is InChI=1S/C11H10O6/c1-16-9(13)7-2-3-8(17-7)11(10(14)15)4-6(12)5-11/h2-3H,4-5H2,1H3,(H,14,15). The molecule has 17 heavy (non-hydrogen) atoms. The second-order valence-corrected chi connectivity index (χ2v) is 3.93. The van der Waals surface area contributed by atoms with Gasteiger partial charge in [-0.1, -0.05) is 0 Å². The van der Waals surface area contributed by atoms with Crippen LogP contribution < -0.4 is 0 Å². The van der Waals surface area contributed by atoms with E-state index in [0.717, 1.165) is 0 Å². The number of ketones is 1. The van der Waals surface area contributed by atoms with Gasteiger partial charge in [0.05, 0.1) is 7.11 Å². The Hall–Kier alpha value is -2.11. The van der Waals surface area contributed by atoms with Gasteiger partial charge in [0.2, 0.25) is 5.76 Å². The van der Waals surface area contributed by atoms with Crippen molar-refractivity contribution in [2.24, 2.45) is 0 Å². The molecule has 1 aromatic rings. The normalized spacial score (nSPS) is 17.4. The highest BCUT2D eigenvalue weighted by molar-refractivity contribution is 6.01. The average molecular weight is 238 g/mol. The Morgan fingerprint density at radius 2 is 2.06 bits per heavy atom. The Morgan fingerprint density at radius 1 is 1.41 bits per heavy atom. The summed E-state index contributed by atoms with van der Waals surface area (Å²) in [4.78, 5) is 33.3. The molecule has 0 radical (unpaired) electrons. The topological polar surface area (TPSA) is 93.8 Å². The van der Waals surface area contributed by atoms with Gasteiger partial charge >= 0.3 is 11.9 Å². The molecule has 1 aliphatic rings. The number of hydrogen-bond donors (Lipinski definition) is 1. The zero-order valence-electron chi connectivity index (χ0n) is 9.06. The summed E-state index contributed by atoms with van der Waals surface area (Å²) in [6.07, 6.45) is -0.201. The van der Waals surface area contributed by atoms with Crippen molar-refractivity contribution in [3.8, 4) is 0 Å². The van der Waals surface area contributed by atoms with Crippen LogP contribution in [0.1, 0.15) is 29.2 Å². The Morgan fingerprint density at radius 3 is 2.53 bits per heavy atom. The molecule has 0 bridgehead atoms. The zero-order chi connectivity index (χ0) is 12.6. The first-order chi connectivity index (χ1) is 7.99. The van der Waals surface area contributed by atoms with Gasteiger partial charge in [-0.25, -0.2) is 4.79 Å². The summed E-state index contributed by atoms with van der Waals surface area (Å²) < 4.78 is 9.59. The van der Waals surface area contributed by atoms with E-state index in [0.29, 0.717) is 0 Å². The van der Waals surface area contributed by atoms with Gasteiger partial charge in [-0.05, 0) is 12.1 Å². The highest BCUT2D eigenvalue weighted by Crippen LogP contribution is 2.42. The first-order valence-electron chi connectivity index (χ1n) is 4.93. The maximum absolute atomic E-state index is 11.2. The van der Waals surface area contributed by atoms with Crippen LogP contribution in [0.3, 0.4) is 0 Å². The number of carbonyl (C=O) groups excluding carboxylic acids is 2. The van der Waals surface area contributed by atoms with Gasteiger partial charge in [-0.15, -0.1) is 0 Å². The van der Waals surface area contributed by atoms with E-state index in [1.807, 2.05) is 0 Å². The van der Waals surface area contributed by atoms with Gasteiger partial charge in [0.25, 0.3) is 0 Å². The second-order valence-electron chi connectivity index (χ2n) is 3.93. The number of aliphatic carboxylic acids is 1. The van der Waals surface area contributed by atoms with Crippen LogP contribution in [0, 0.1) is 0 Å². The fourth-order valence-electron chi connectivity index (χ4n) is 1.86. The van der Waals surface area contributed by atoms with Gasteiger partial charge in [0, 0.05) is 12.8 Å². The molecule has 0 saturated heterocycles. The third-order valence-corrected chi connectivity index (χ3v) is 2.87. The molecule has 90 valence electrons. The Labute approximate surface area is 96.2 Å². The quantitative estimate of drug-likeness (QED) is 0.781. The minimum atomic E-state index is -1.32. The molecule has 0 amide bonds. The maximum atomic E-state index is 11.2. The number of esters is 1. The number of Topliss-reactive ketones (excluding diaryl/α,β-unsaturated/α-hetero) is 1. The molecule has 1 saturated carbocycles. The Balaban J connectivity index is 2.33. The molecule has 1 fully saturated rings. The van der Waals surface area contributed by atoms with Crippen LogP contribution >= 0.6 is 0 Å². The lowest BCUT2D eigenvalue weighted by atomic mass is 9.66. The molecule has 0 aliphatic heterocycles. The average Bonchev–Trinajstić information content (AvgIpc) is 2.72. The van der Waals surface area contributed by atoms with E-state index < -0.39 is 17.4 Å². The molecule has 0 unspecified atom stereocenters. The number of furan rings is 1. The summed E-state index contributed by atoms with van der Waals surface area (Å²) in [6.45, 7) is 0. The number of methoxy groups -OCH3 is 1. The van der Waals surface area contributed by atoms with Crippen LogP contribution in [-0.4, -0.2) is 29.9 Å². The van der Waals surface area contributed by atoms with E-state index in [1.54, 1.807) is 0 Å². The zero-order valence-corrected chi connectivity index (χ0v) is 9.06. The van der Waals surface area contributed by atoms with E-state index in [1.165, 1.54) is 19.2 Å². The van der Waals surface area contributed by atoms with Crippen molar-refractivity contribution in [1.29, 1.82) is 0 Å². The minimum Gasteiger partial charge on any atom is -0.480 e. The van der Waals surface area contributed by atoms with Crippen LogP contribution in [0.4, 0.5) is 0 Å².